The van der Waals surface area contributed by atoms with Crippen molar-refractivity contribution in [2.75, 3.05) is 13.2 Å². The number of rotatable bonds is 16. The summed E-state index contributed by atoms with van der Waals surface area (Å²) in [4.78, 5) is 14.0. The summed E-state index contributed by atoms with van der Waals surface area (Å²) in [5, 5.41) is 4.95. The van der Waals surface area contributed by atoms with Crippen LogP contribution in [0.25, 0.3) is 22.2 Å². The molecule has 2 aromatic heterocycles. The Morgan fingerprint density at radius 3 is 2.25 bits per heavy atom. The highest BCUT2D eigenvalue weighted by Gasteiger charge is 2.28. The lowest BCUT2D eigenvalue weighted by molar-refractivity contribution is -0.0516. The summed E-state index contributed by atoms with van der Waals surface area (Å²) in [7, 11) is -2.64. The van der Waals surface area contributed by atoms with Crippen molar-refractivity contribution in [2.24, 2.45) is 0 Å². The second-order valence-corrected chi connectivity index (χ2v) is 24.9. The molecule has 1 aromatic carbocycles. The van der Waals surface area contributed by atoms with Gasteiger partial charge in [0, 0.05) is 46.9 Å². The summed E-state index contributed by atoms with van der Waals surface area (Å²) in [6, 6.07) is 6.86. The molecular formula is C32H45F2N3O5Si2. The average molecular weight is 646 g/mol. The fourth-order valence-corrected chi connectivity index (χ4v) is 6.16. The molecule has 4 rings (SSSR count). The molecule has 0 spiro atoms. The number of hydrogen-bond acceptors (Lipinski definition) is 6. The Morgan fingerprint density at radius 2 is 1.66 bits per heavy atom. The minimum atomic E-state index is -2.98. The fraction of sp³-hybridized carbons (Fsp3) is 0.562. The highest BCUT2D eigenvalue weighted by atomic mass is 28.3. The fourth-order valence-electron chi connectivity index (χ4n) is 4.64. The van der Waals surface area contributed by atoms with Crippen molar-refractivity contribution >= 4 is 27.1 Å². The molecule has 0 atom stereocenters. The van der Waals surface area contributed by atoms with Crippen LogP contribution >= 0.6 is 0 Å². The average Bonchev–Trinajstić information content (AvgIpc) is 3.69. The highest BCUT2D eigenvalue weighted by molar-refractivity contribution is 6.76. The molecule has 0 unspecified atom stereocenters. The van der Waals surface area contributed by atoms with Gasteiger partial charge in [0.25, 0.3) is 5.56 Å². The molecular weight excluding hydrogens is 601 g/mol. The molecule has 1 aliphatic carbocycles. The molecule has 2 heterocycles. The van der Waals surface area contributed by atoms with Gasteiger partial charge in [-0.3, -0.25) is 4.79 Å². The van der Waals surface area contributed by atoms with E-state index in [2.05, 4.69) is 56.2 Å². The number of alkyl halides is 2. The van der Waals surface area contributed by atoms with Crippen molar-refractivity contribution < 1.29 is 27.7 Å². The van der Waals surface area contributed by atoms with Crippen LogP contribution in [-0.2, 0) is 29.4 Å². The zero-order valence-corrected chi connectivity index (χ0v) is 29.0. The first-order valence-corrected chi connectivity index (χ1v) is 22.6. The molecule has 0 amide bonds. The summed E-state index contributed by atoms with van der Waals surface area (Å²) < 4.78 is 52.6. The number of nitrogens with zero attached hydrogens (tertiary/aromatic N) is 3. The monoisotopic (exact) mass is 645 g/mol. The van der Waals surface area contributed by atoms with Crippen LogP contribution in [0.15, 0.2) is 29.2 Å². The maximum atomic E-state index is 14.0. The molecule has 8 nitrogen and oxygen atoms in total. The van der Waals surface area contributed by atoms with Crippen molar-refractivity contribution in [1.82, 2.24) is 14.3 Å². The standard InChI is InChI=1S/C32H45F2N3O5Si2/c1-8-9-10-25-29-26(20-35-37(31(29)38)22-40-16-18-44(5,6)7)36(21-39-15-17-43(2,3)4)30(25)23-11-14-27(42-32(33)34)28(19-23)41-24-12-13-24/h11,14,19-20,24,32H,10,12-13,15-18,21-22H2,1-7H3. The Labute approximate surface area is 260 Å². The van der Waals surface area contributed by atoms with Gasteiger partial charge in [-0.1, -0.05) is 45.2 Å². The van der Waals surface area contributed by atoms with Crippen LogP contribution in [0, 0.1) is 11.8 Å². The number of ether oxygens (including phenoxy) is 4. The van der Waals surface area contributed by atoms with Crippen LogP contribution in [0.3, 0.4) is 0 Å². The first kappa shape index (κ1) is 33.9. The lowest BCUT2D eigenvalue weighted by Gasteiger charge is -2.18. The molecule has 1 fully saturated rings. The minimum Gasteiger partial charge on any atom is -0.487 e. The minimum absolute atomic E-state index is 0.0286. The Hall–Kier alpha value is -2.99. The molecule has 12 heteroatoms. The lowest BCUT2D eigenvalue weighted by atomic mass is 10.0. The number of aromatic nitrogens is 3. The molecule has 1 saturated carbocycles. The predicted molar refractivity (Wildman–Crippen MR) is 175 cm³/mol. The van der Waals surface area contributed by atoms with Gasteiger partial charge in [-0.15, -0.1) is 5.92 Å². The van der Waals surface area contributed by atoms with E-state index in [-0.39, 0.29) is 36.6 Å². The van der Waals surface area contributed by atoms with Gasteiger partial charge >= 0.3 is 6.61 Å². The van der Waals surface area contributed by atoms with Crippen molar-refractivity contribution in [2.45, 2.75) is 104 Å². The molecule has 240 valence electrons. The lowest BCUT2D eigenvalue weighted by Crippen LogP contribution is -2.26. The molecule has 0 radical (unpaired) electrons. The number of fused-ring (bicyclic) bond motifs is 1. The second kappa shape index (κ2) is 14.4. The third-order valence-corrected chi connectivity index (χ3v) is 10.7. The van der Waals surface area contributed by atoms with Crippen LogP contribution in [0.4, 0.5) is 8.78 Å². The van der Waals surface area contributed by atoms with Crippen molar-refractivity contribution in [3.05, 3.63) is 40.3 Å². The molecule has 0 aliphatic heterocycles. The summed E-state index contributed by atoms with van der Waals surface area (Å²) in [5.74, 6) is 6.28. The third-order valence-electron chi connectivity index (χ3n) is 7.29. The quantitative estimate of drug-likeness (QED) is 0.0932. The van der Waals surface area contributed by atoms with E-state index in [1.54, 1.807) is 25.3 Å². The van der Waals surface area contributed by atoms with E-state index in [1.165, 1.54) is 10.7 Å². The first-order valence-electron chi connectivity index (χ1n) is 15.2. The van der Waals surface area contributed by atoms with Crippen molar-refractivity contribution in [1.29, 1.82) is 0 Å². The molecule has 3 aromatic rings. The summed E-state index contributed by atoms with van der Waals surface area (Å²) in [5.41, 5.74) is 2.43. The van der Waals surface area contributed by atoms with Gasteiger partial charge < -0.3 is 23.5 Å². The van der Waals surface area contributed by atoms with Crippen LogP contribution in [-0.4, -0.2) is 56.4 Å². The van der Waals surface area contributed by atoms with Gasteiger partial charge in [0.1, 0.15) is 13.5 Å². The largest absolute Gasteiger partial charge is 0.487 e. The van der Waals surface area contributed by atoms with Gasteiger partial charge in [-0.05, 0) is 50.1 Å². The molecule has 0 saturated heterocycles. The van der Waals surface area contributed by atoms with E-state index < -0.39 is 22.8 Å². The Morgan fingerprint density at radius 1 is 1.00 bits per heavy atom. The first-order chi connectivity index (χ1) is 20.8. The Bertz CT molecular complexity index is 1560. The SMILES string of the molecule is CC#CCc1c(-c2ccc(OC(F)F)c(OC3CC3)c2)n(COCC[Si](C)(C)C)c2cnn(COCC[Si](C)(C)C)c(=O)c12. The summed E-state index contributed by atoms with van der Waals surface area (Å²) >= 11 is 0. The Kier molecular flexibility index (Phi) is 11.1. The molecule has 0 bridgehead atoms. The topological polar surface area (TPSA) is 76.7 Å². The van der Waals surface area contributed by atoms with Gasteiger partial charge in [0.2, 0.25) is 0 Å². The van der Waals surface area contributed by atoms with Crippen molar-refractivity contribution in [3.8, 4) is 34.6 Å². The molecule has 0 N–H and O–H groups in total. The van der Waals surface area contributed by atoms with E-state index in [0.29, 0.717) is 47.4 Å². The van der Waals surface area contributed by atoms with E-state index in [4.69, 9.17) is 18.9 Å². The normalized spacial score (nSPS) is 13.8. The Balaban J connectivity index is 1.83. The van der Waals surface area contributed by atoms with Crippen LogP contribution < -0.4 is 15.0 Å². The van der Waals surface area contributed by atoms with Gasteiger partial charge in [-0.25, -0.2) is 4.68 Å². The van der Waals surface area contributed by atoms with E-state index in [1.807, 2.05) is 4.57 Å². The number of halogens is 2. The van der Waals surface area contributed by atoms with Crippen LogP contribution in [0.1, 0.15) is 25.3 Å². The summed E-state index contributed by atoms with van der Waals surface area (Å²) in [6.45, 7) is 13.8. The molecule has 44 heavy (non-hydrogen) atoms. The third kappa shape index (κ3) is 9.26. The van der Waals surface area contributed by atoms with Crippen molar-refractivity contribution in [3.63, 3.8) is 0 Å². The number of hydrogen-bond donors (Lipinski definition) is 0. The van der Waals surface area contributed by atoms with Crippen LogP contribution in [0.2, 0.25) is 51.4 Å². The van der Waals surface area contributed by atoms with Gasteiger partial charge in [0.15, 0.2) is 11.5 Å². The highest BCUT2D eigenvalue weighted by Crippen LogP contribution is 2.40. The predicted octanol–water partition coefficient (Wildman–Crippen LogP) is 7.20. The maximum Gasteiger partial charge on any atom is 0.387 e. The second-order valence-electron chi connectivity index (χ2n) is 13.6. The van der Waals surface area contributed by atoms with E-state index in [9.17, 15) is 13.6 Å². The smallest absolute Gasteiger partial charge is 0.387 e. The molecule has 1 aliphatic rings. The maximum absolute atomic E-state index is 14.0. The van der Waals surface area contributed by atoms with E-state index >= 15 is 0 Å². The van der Waals surface area contributed by atoms with Gasteiger partial charge in [0.05, 0.1) is 28.9 Å². The van der Waals surface area contributed by atoms with Gasteiger partial charge in [-0.2, -0.15) is 13.9 Å². The zero-order valence-electron chi connectivity index (χ0n) is 27.0. The van der Waals surface area contributed by atoms with E-state index in [0.717, 1.165) is 24.9 Å². The van der Waals surface area contributed by atoms with Crippen LogP contribution in [0.5, 0.6) is 11.5 Å². The summed E-state index contributed by atoms with van der Waals surface area (Å²) in [6.07, 6.45) is 3.64. The zero-order chi connectivity index (χ0) is 32.1. The number of benzene rings is 1.